The summed E-state index contributed by atoms with van der Waals surface area (Å²) in [5.41, 5.74) is -1.21. The van der Waals surface area contributed by atoms with Crippen LogP contribution in [0.15, 0.2) is 42.6 Å². The molecular formula is C18H15ClF3N3O4. The summed E-state index contributed by atoms with van der Waals surface area (Å²) in [6.07, 6.45) is -3.29. The van der Waals surface area contributed by atoms with Gasteiger partial charge < -0.3 is 15.0 Å². The summed E-state index contributed by atoms with van der Waals surface area (Å²) >= 11 is 5.52. The number of likely N-dealkylation sites (N-methyl/N-ethyl adjacent to an activating group) is 1. The summed E-state index contributed by atoms with van der Waals surface area (Å²) in [6.45, 7) is -1.09. The number of halogens is 4. The van der Waals surface area contributed by atoms with E-state index in [4.69, 9.17) is 16.3 Å². The van der Waals surface area contributed by atoms with Crippen molar-refractivity contribution in [3.8, 4) is 0 Å². The largest absolute Gasteiger partial charge is 0.451 e. The number of carbonyl (C=O) groups is 3. The molecule has 0 aliphatic rings. The zero-order valence-electron chi connectivity index (χ0n) is 15.0. The van der Waals surface area contributed by atoms with Crippen LogP contribution >= 0.6 is 11.6 Å². The number of hydrogen-bond acceptors (Lipinski definition) is 5. The fraction of sp³-hybridized carbons (Fsp3) is 0.222. The van der Waals surface area contributed by atoms with Crippen LogP contribution in [0.1, 0.15) is 16.1 Å². The molecule has 0 spiro atoms. The quantitative estimate of drug-likeness (QED) is 0.713. The fourth-order valence-corrected chi connectivity index (χ4v) is 2.34. The second-order valence-electron chi connectivity index (χ2n) is 5.78. The molecular weight excluding hydrogens is 415 g/mol. The monoisotopic (exact) mass is 429 g/mol. The van der Waals surface area contributed by atoms with E-state index >= 15 is 0 Å². The van der Waals surface area contributed by atoms with E-state index in [0.717, 1.165) is 11.0 Å². The molecule has 1 N–H and O–H groups in total. The van der Waals surface area contributed by atoms with Crippen molar-refractivity contribution in [2.45, 2.75) is 6.18 Å². The van der Waals surface area contributed by atoms with Gasteiger partial charge in [0.1, 0.15) is 5.69 Å². The van der Waals surface area contributed by atoms with Crippen LogP contribution in [0, 0.1) is 0 Å². The van der Waals surface area contributed by atoms with E-state index in [-0.39, 0.29) is 11.4 Å². The molecule has 0 radical (unpaired) electrons. The van der Waals surface area contributed by atoms with E-state index < -0.39 is 47.7 Å². The molecule has 154 valence electrons. The predicted molar refractivity (Wildman–Crippen MR) is 97.2 cm³/mol. The van der Waals surface area contributed by atoms with Gasteiger partial charge in [-0.2, -0.15) is 13.2 Å². The summed E-state index contributed by atoms with van der Waals surface area (Å²) in [5, 5.41) is 1.75. The van der Waals surface area contributed by atoms with Crippen molar-refractivity contribution in [2.24, 2.45) is 0 Å². The summed E-state index contributed by atoms with van der Waals surface area (Å²) in [7, 11) is 1.28. The second kappa shape index (κ2) is 9.37. The van der Waals surface area contributed by atoms with E-state index in [1.807, 2.05) is 0 Å². The maximum atomic E-state index is 12.9. The number of pyridine rings is 1. The number of aromatic nitrogens is 1. The Bertz CT molecular complexity index is 907. The lowest BCUT2D eigenvalue weighted by molar-refractivity contribution is -0.137. The van der Waals surface area contributed by atoms with E-state index in [9.17, 15) is 27.6 Å². The van der Waals surface area contributed by atoms with Crippen LogP contribution in [-0.2, 0) is 20.5 Å². The minimum Gasteiger partial charge on any atom is -0.451 e. The molecule has 2 aromatic rings. The fourth-order valence-electron chi connectivity index (χ4n) is 2.12. The summed E-state index contributed by atoms with van der Waals surface area (Å²) in [6, 6.07) is 7.48. The van der Waals surface area contributed by atoms with E-state index in [2.05, 4.69) is 10.3 Å². The van der Waals surface area contributed by atoms with Crippen LogP contribution in [0.3, 0.4) is 0 Å². The van der Waals surface area contributed by atoms with Crippen molar-refractivity contribution in [3.05, 3.63) is 58.9 Å². The highest BCUT2D eigenvalue weighted by molar-refractivity contribution is 6.31. The Kier molecular flexibility index (Phi) is 7.16. The molecule has 2 rings (SSSR count). The van der Waals surface area contributed by atoms with Crippen LogP contribution in [0.4, 0.5) is 18.9 Å². The molecule has 0 atom stereocenters. The van der Waals surface area contributed by atoms with Crippen molar-refractivity contribution < 1.29 is 32.3 Å². The highest BCUT2D eigenvalue weighted by atomic mass is 35.5. The molecule has 1 heterocycles. The van der Waals surface area contributed by atoms with Crippen LogP contribution < -0.4 is 5.32 Å². The maximum Gasteiger partial charge on any atom is 0.417 e. The molecule has 0 aliphatic heterocycles. The predicted octanol–water partition coefficient (Wildman–Crippen LogP) is 3.01. The van der Waals surface area contributed by atoms with Gasteiger partial charge in [0.2, 0.25) is 5.91 Å². The molecule has 0 bridgehead atoms. The number of alkyl halides is 3. The number of rotatable bonds is 6. The number of hydrogen-bond donors (Lipinski definition) is 1. The minimum atomic E-state index is -4.68. The highest BCUT2D eigenvalue weighted by Gasteiger charge is 2.33. The SMILES string of the molecule is CN(CC(=O)Nc1ccc(Cl)c(C(F)(F)F)c1)C(=O)COC(=O)c1ccccn1. The molecule has 11 heteroatoms. The van der Waals surface area contributed by atoms with Crippen LogP contribution in [0.2, 0.25) is 5.02 Å². The van der Waals surface area contributed by atoms with Crippen molar-refractivity contribution in [3.63, 3.8) is 0 Å². The number of esters is 1. The molecule has 7 nitrogen and oxygen atoms in total. The lowest BCUT2D eigenvalue weighted by Crippen LogP contribution is -2.37. The first kappa shape index (κ1) is 22.2. The zero-order chi connectivity index (χ0) is 21.6. The van der Waals surface area contributed by atoms with Gasteiger partial charge >= 0.3 is 12.1 Å². The van der Waals surface area contributed by atoms with Crippen molar-refractivity contribution in [1.82, 2.24) is 9.88 Å². The van der Waals surface area contributed by atoms with Gasteiger partial charge in [0.25, 0.3) is 5.91 Å². The molecule has 2 amide bonds. The Labute approximate surface area is 168 Å². The Hall–Kier alpha value is -3.14. The molecule has 0 unspecified atom stereocenters. The lowest BCUT2D eigenvalue weighted by atomic mass is 10.2. The Morgan fingerprint density at radius 3 is 2.55 bits per heavy atom. The van der Waals surface area contributed by atoms with Gasteiger partial charge in [-0.3, -0.25) is 9.59 Å². The third kappa shape index (κ3) is 6.46. The van der Waals surface area contributed by atoms with Gasteiger partial charge in [-0.1, -0.05) is 17.7 Å². The summed E-state index contributed by atoms with van der Waals surface area (Å²) in [4.78, 5) is 40.4. The lowest BCUT2D eigenvalue weighted by Gasteiger charge is -2.17. The third-order valence-corrected chi connectivity index (χ3v) is 3.89. The number of ether oxygens (including phenoxy) is 1. The van der Waals surface area contributed by atoms with Crippen LogP contribution in [0.25, 0.3) is 0 Å². The van der Waals surface area contributed by atoms with Crippen molar-refractivity contribution in [2.75, 3.05) is 25.5 Å². The van der Waals surface area contributed by atoms with Gasteiger partial charge in [-0.05, 0) is 30.3 Å². The van der Waals surface area contributed by atoms with E-state index in [0.29, 0.717) is 6.07 Å². The first-order valence-corrected chi connectivity index (χ1v) is 8.44. The third-order valence-electron chi connectivity index (χ3n) is 3.56. The van der Waals surface area contributed by atoms with Gasteiger partial charge in [-0.15, -0.1) is 0 Å². The van der Waals surface area contributed by atoms with E-state index in [1.165, 1.54) is 25.4 Å². The molecule has 29 heavy (non-hydrogen) atoms. The minimum absolute atomic E-state index is 0.0175. The summed E-state index contributed by atoms with van der Waals surface area (Å²) in [5.74, 6) is -2.23. The maximum absolute atomic E-state index is 12.9. The van der Waals surface area contributed by atoms with Gasteiger partial charge in [0.05, 0.1) is 17.1 Å². The average molecular weight is 430 g/mol. The Morgan fingerprint density at radius 2 is 1.93 bits per heavy atom. The first-order valence-electron chi connectivity index (χ1n) is 8.06. The number of carbonyl (C=O) groups excluding carboxylic acids is 3. The van der Waals surface area contributed by atoms with Gasteiger partial charge in [0, 0.05) is 18.9 Å². The van der Waals surface area contributed by atoms with E-state index in [1.54, 1.807) is 12.1 Å². The molecule has 0 saturated carbocycles. The molecule has 0 aliphatic carbocycles. The van der Waals surface area contributed by atoms with Gasteiger partial charge in [0.15, 0.2) is 6.61 Å². The van der Waals surface area contributed by atoms with Crippen molar-refractivity contribution in [1.29, 1.82) is 0 Å². The number of amides is 2. The standard InChI is InChI=1S/C18H15ClF3N3O4/c1-25(16(27)10-29-17(28)14-4-2-3-7-23-14)9-15(26)24-11-5-6-13(19)12(8-11)18(20,21)22/h2-8H,9-10H2,1H3,(H,24,26). The number of benzene rings is 1. The molecule has 1 aromatic heterocycles. The average Bonchev–Trinajstić information content (AvgIpc) is 2.67. The zero-order valence-corrected chi connectivity index (χ0v) is 15.8. The molecule has 0 saturated heterocycles. The van der Waals surface area contributed by atoms with Crippen LogP contribution in [0.5, 0.6) is 0 Å². The Balaban J connectivity index is 1.88. The number of nitrogens with zero attached hydrogens (tertiary/aromatic N) is 2. The molecule has 1 aromatic carbocycles. The van der Waals surface area contributed by atoms with Gasteiger partial charge in [-0.25, -0.2) is 9.78 Å². The topological polar surface area (TPSA) is 88.6 Å². The normalized spacial score (nSPS) is 10.9. The van der Waals surface area contributed by atoms with Crippen LogP contribution in [-0.4, -0.2) is 47.9 Å². The highest BCUT2D eigenvalue weighted by Crippen LogP contribution is 2.36. The second-order valence-corrected chi connectivity index (χ2v) is 6.19. The van der Waals surface area contributed by atoms with Crippen molar-refractivity contribution >= 4 is 35.1 Å². The smallest absolute Gasteiger partial charge is 0.417 e. The number of nitrogens with one attached hydrogen (secondary N) is 1. The Morgan fingerprint density at radius 1 is 1.21 bits per heavy atom. The number of anilines is 1. The first-order chi connectivity index (χ1) is 13.6. The summed E-state index contributed by atoms with van der Waals surface area (Å²) < 4.78 is 43.4. The molecule has 0 fully saturated rings.